The number of hydrogen-bond acceptors (Lipinski definition) is 4. The number of thiazole rings is 1. The molecule has 0 atom stereocenters. The summed E-state index contributed by atoms with van der Waals surface area (Å²) in [6, 6.07) is 8.03. The number of fused-ring (bicyclic) bond motifs is 1. The lowest BCUT2D eigenvalue weighted by Gasteiger charge is -1.81. The summed E-state index contributed by atoms with van der Waals surface area (Å²) in [4.78, 5) is 4.34. The Bertz CT molecular complexity index is 414. The maximum Gasteiger partial charge on any atom is 0.230 e. The summed E-state index contributed by atoms with van der Waals surface area (Å²) >= 11 is 1.58. The molecular formula is C10H11N3S. The van der Waals surface area contributed by atoms with Crippen LogP contribution in [-0.2, 0) is 0 Å². The van der Waals surface area contributed by atoms with Crippen molar-refractivity contribution in [3.8, 4) is 0 Å². The van der Waals surface area contributed by atoms with Crippen molar-refractivity contribution in [2.75, 3.05) is 6.54 Å². The van der Waals surface area contributed by atoms with Crippen molar-refractivity contribution >= 4 is 26.7 Å². The molecule has 2 rings (SSSR count). The van der Waals surface area contributed by atoms with Crippen LogP contribution in [0.25, 0.3) is 10.2 Å². The zero-order valence-corrected chi connectivity index (χ0v) is 8.79. The molecule has 0 saturated carbocycles. The van der Waals surface area contributed by atoms with Crippen molar-refractivity contribution < 1.29 is 0 Å². The molecule has 1 aromatic carbocycles. The summed E-state index contributed by atoms with van der Waals surface area (Å²) in [6.45, 7) is 2.85. The van der Waals surface area contributed by atoms with Crippen LogP contribution in [0.3, 0.4) is 0 Å². The lowest BCUT2D eigenvalue weighted by Crippen LogP contribution is -1.70. The summed E-state index contributed by atoms with van der Waals surface area (Å²) in [6.07, 6.45) is 1.02. The van der Waals surface area contributed by atoms with E-state index in [9.17, 15) is 0 Å². The third kappa shape index (κ3) is 1.96. The minimum absolute atomic E-state index is 0.750. The van der Waals surface area contributed by atoms with E-state index >= 15 is 0 Å². The Morgan fingerprint density at radius 1 is 1.36 bits per heavy atom. The molecule has 0 bridgehead atoms. The second-order valence-corrected chi connectivity index (χ2v) is 3.94. The van der Waals surface area contributed by atoms with Gasteiger partial charge in [0, 0.05) is 0 Å². The quantitative estimate of drug-likeness (QED) is 0.702. The van der Waals surface area contributed by atoms with Crippen molar-refractivity contribution in [3.63, 3.8) is 0 Å². The Balaban J connectivity index is 2.27. The highest BCUT2D eigenvalue weighted by Crippen LogP contribution is 2.27. The lowest BCUT2D eigenvalue weighted by atomic mass is 10.3. The molecule has 0 unspecified atom stereocenters. The zero-order valence-electron chi connectivity index (χ0n) is 7.97. The van der Waals surface area contributed by atoms with Crippen LogP contribution in [0.2, 0.25) is 0 Å². The molecule has 0 fully saturated rings. The van der Waals surface area contributed by atoms with E-state index < -0.39 is 0 Å². The maximum atomic E-state index is 4.34. The number of para-hydroxylation sites is 1. The fourth-order valence-electron chi connectivity index (χ4n) is 1.11. The topological polar surface area (TPSA) is 37.6 Å². The highest BCUT2D eigenvalue weighted by Gasteiger charge is 2.00. The van der Waals surface area contributed by atoms with Crippen molar-refractivity contribution in [3.05, 3.63) is 24.3 Å². The Kier molecular flexibility index (Phi) is 2.84. The number of benzene rings is 1. The first-order chi connectivity index (χ1) is 6.90. The molecule has 3 nitrogen and oxygen atoms in total. The summed E-state index contributed by atoms with van der Waals surface area (Å²) in [7, 11) is 0. The number of aromatic nitrogens is 1. The Labute approximate surface area is 86.5 Å². The van der Waals surface area contributed by atoms with E-state index in [4.69, 9.17) is 0 Å². The summed E-state index contributed by atoms with van der Waals surface area (Å²) in [5.74, 6) is 0. The van der Waals surface area contributed by atoms with Crippen LogP contribution in [0, 0.1) is 0 Å². The fraction of sp³-hybridized carbons (Fsp3) is 0.300. The van der Waals surface area contributed by atoms with E-state index in [1.54, 1.807) is 11.3 Å². The second kappa shape index (κ2) is 4.28. The van der Waals surface area contributed by atoms with Gasteiger partial charge in [-0.1, -0.05) is 30.4 Å². The van der Waals surface area contributed by atoms with Crippen LogP contribution in [0.15, 0.2) is 34.5 Å². The molecule has 72 valence electrons. The average molecular weight is 205 g/mol. The van der Waals surface area contributed by atoms with Gasteiger partial charge in [-0.05, 0) is 18.6 Å². The highest BCUT2D eigenvalue weighted by atomic mass is 32.1. The molecular weight excluding hydrogens is 194 g/mol. The number of rotatable bonds is 3. The van der Waals surface area contributed by atoms with Gasteiger partial charge in [0.1, 0.15) is 0 Å². The van der Waals surface area contributed by atoms with Gasteiger partial charge in [0.15, 0.2) is 0 Å². The van der Waals surface area contributed by atoms with Crippen molar-refractivity contribution in [2.45, 2.75) is 13.3 Å². The van der Waals surface area contributed by atoms with Gasteiger partial charge < -0.3 is 0 Å². The molecule has 0 amide bonds. The highest BCUT2D eigenvalue weighted by molar-refractivity contribution is 7.21. The van der Waals surface area contributed by atoms with Crippen LogP contribution in [0.4, 0.5) is 5.13 Å². The van der Waals surface area contributed by atoms with E-state index in [0.29, 0.717) is 0 Å². The maximum absolute atomic E-state index is 4.34. The summed E-state index contributed by atoms with van der Waals surface area (Å²) in [5, 5.41) is 8.84. The van der Waals surface area contributed by atoms with Crippen molar-refractivity contribution in [1.29, 1.82) is 0 Å². The van der Waals surface area contributed by atoms with Gasteiger partial charge in [-0.15, -0.1) is 5.11 Å². The zero-order chi connectivity index (χ0) is 9.80. The van der Waals surface area contributed by atoms with Gasteiger partial charge in [-0.2, -0.15) is 5.11 Å². The SMILES string of the molecule is CCCN=Nc1nc2ccccc2s1. The monoisotopic (exact) mass is 205 g/mol. The molecule has 0 saturated heterocycles. The first-order valence-corrected chi connectivity index (χ1v) is 5.45. The Morgan fingerprint density at radius 3 is 3.00 bits per heavy atom. The fourth-order valence-corrected chi connectivity index (χ4v) is 1.92. The van der Waals surface area contributed by atoms with Gasteiger partial charge in [-0.25, -0.2) is 4.98 Å². The van der Waals surface area contributed by atoms with Crippen LogP contribution in [-0.4, -0.2) is 11.5 Å². The van der Waals surface area contributed by atoms with Gasteiger partial charge >= 0.3 is 0 Å². The van der Waals surface area contributed by atoms with Gasteiger partial charge in [0.05, 0.1) is 16.8 Å². The Morgan fingerprint density at radius 2 is 2.21 bits per heavy atom. The van der Waals surface area contributed by atoms with E-state index in [2.05, 4.69) is 22.1 Å². The second-order valence-electron chi connectivity index (χ2n) is 2.93. The molecule has 0 aliphatic carbocycles. The van der Waals surface area contributed by atoms with E-state index in [0.717, 1.165) is 28.3 Å². The summed E-state index contributed by atoms with van der Waals surface area (Å²) < 4.78 is 1.16. The molecule has 14 heavy (non-hydrogen) atoms. The van der Waals surface area contributed by atoms with Crippen molar-refractivity contribution in [1.82, 2.24) is 4.98 Å². The predicted octanol–water partition coefficient (Wildman–Crippen LogP) is 3.79. The third-order valence-corrected chi connectivity index (χ3v) is 2.68. The van der Waals surface area contributed by atoms with Crippen LogP contribution in [0.5, 0.6) is 0 Å². The smallest absolute Gasteiger partial charge is 0.217 e. The molecule has 4 heteroatoms. The van der Waals surface area contributed by atoms with E-state index in [-0.39, 0.29) is 0 Å². The number of azo groups is 1. The molecule has 2 aromatic rings. The van der Waals surface area contributed by atoms with E-state index in [1.807, 2.05) is 24.3 Å². The molecule has 0 aliphatic heterocycles. The first kappa shape index (κ1) is 9.27. The van der Waals surface area contributed by atoms with E-state index in [1.165, 1.54) is 0 Å². The van der Waals surface area contributed by atoms with Gasteiger partial charge in [0.25, 0.3) is 0 Å². The number of nitrogens with zero attached hydrogens (tertiary/aromatic N) is 3. The summed E-state index contributed by atoms with van der Waals surface area (Å²) in [5.41, 5.74) is 1.00. The molecule has 0 radical (unpaired) electrons. The molecule has 0 aliphatic rings. The van der Waals surface area contributed by atoms with Crippen molar-refractivity contribution in [2.24, 2.45) is 10.2 Å². The minimum atomic E-state index is 0.750. The average Bonchev–Trinajstić information content (AvgIpc) is 2.60. The molecule has 0 spiro atoms. The Hall–Kier alpha value is -1.29. The standard InChI is InChI=1S/C10H11N3S/c1-2-7-11-13-10-12-8-5-3-4-6-9(8)14-10/h3-6H,2,7H2,1H3. The predicted molar refractivity (Wildman–Crippen MR) is 59.3 cm³/mol. The molecule has 1 heterocycles. The van der Waals surface area contributed by atoms with Gasteiger partial charge in [-0.3, -0.25) is 0 Å². The van der Waals surface area contributed by atoms with Gasteiger partial charge in [0.2, 0.25) is 5.13 Å². The third-order valence-electron chi connectivity index (χ3n) is 1.76. The largest absolute Gasteiger partial charge is 0.230 e. The number of hydrogen-bond donors (Lipinski definition) is 0. The van der Waals surface area contributed by atoms with Crippen LogP contribution < -0.4 is 0 Å². The van der Waals surface area contributed by atoms with Crippen LogP contribution in [0.1, 0.15) is 13.3 Å². The molecule has 1 aromatic heterocycles. The minimum Gasteiger partial charge on any atom is -0.217 e. The first-order valence-electron chi connectivity index (χ1n) is 4.63. The van der Waals surface area contributed by atoms with Crippen LogP contribution >= 0.6 is 11.3 Å². The molecule has 0 N–H and O–H groups in total. The normalized spacial score (nSPS) is 11.5. The lowest BCUT2D eigenvalue weighted by molar-refractivity contribution is 0.875.